The molecule has 1 heterocycles. The van der Waals surface area contributed by atoms with Crippen LogP contribution in [-0.2, 0) is 14.3 Å². The number of likely N-dealkylation sites (tertiary alicyclic amines) is 1. The van der Waals surface area contributed by atoms with Gasteiger partial charge in [0.25, 0.3) is 0 Å². The molecule has 5 nitrogen and oxygen atoms in total. The van der Waals surface area contributed by atoms with Crippen LogP contribution in [0.1, 0.15) is 6.42 Å². The van der Waals surface area contributed by atoms with Gasteiger partial charge in [-0.25, -0.2) is 0 Å². The van der Waals surface area contributed by atoms with E-state index in [0.29, 0.717) is 26.3 Å². The number of nitrogens with zero attached hydrogens (tertiary/aromatic N) is 1. The lowest BCUT2D eigenvalue weighted by Crippen LogP contribution is -2.29. The normalized spacial score (nSPS) is 17.2. The molecular formula is C8H14N2O3. The highest BCUT2D eigenvalue weighted by molar-refractivity contribution is 6.05. The number of rotatable bonds is 5. The first-order chi connectivity index (χ1) is 6.24. The summed E-state index contributed by atoms with van der Waals surface area (Å²) in [4.78, 5) is 23.4. The number of ether oxygens (including phenoxy) is 1. The van der Waals surface area contributed by atoms with Crippen molar-refractivity contribution in [2.24, 2.45) is 5.73 Å². The van der Waals surface area contributed by atoms with Crippen molar-refractivity contribution in [1.29, 1.82) is 0 Å². The Morgan fingerprint density at radius 3 is 2.69 bits per heavy atom. The first-order valence-corrected chi connectivity index (χ1v) is 4.31. The average Bonchev–Trinajstić information content (AvgIpc) is 2.39. The van der Waals surface area contributed by atoms with Gasteiger partial charge in [0.15, 0.2) is 5.78 Å². The SMILES string of the molecule is NCCOCCN1CC(=O)CC1=O. The van der Waals surface area contributed by atoms with Gasteiger partial charge in [0, 0.05) is 13.1 Å². The van der Waals surface area contributed by atoms with Crippen molar-refractivity contribution in [3.8, 4) is 0 Å². The molecule has 1 saturated heterocycles. The maximum atomic E-state index is 11.1. The molecular weight excluding hydrogens is 172 g/mol. The van der Waals surface area contributed by atoms with E-state index in [2.05, 4.69) is 0 Å². The summed E-state index contributed by atoms with van der Waals surface area (Å²) in [6.45, 7) is 2.16. The second-order valence-electron chi connectivity index (χ2n) is 2.93. The molecule has 0 atom stereocenters. The molecule has 74 valence electrons. The number of hydrogen-bond donors (Lipinski definition) is 1. The topological polar surface area (TPSA) is 72.6 Å². The summed E-state index contributed by atoms with van der Waals surface area (Å²) in [5.74, 6) is -0.106. The Hall–Kier alpha value is -0.940. The van der Waals surface area contributed by atoms with E-state index in [1.54, 1.807) is 0 Å². The van der Waals surface area contributed by atoms with Gasteiger partial charge in [0.2, 0.25) is 5.91 Å². The van der Waals surface area contributed by atoms with Crippen LogP contribution in [0.5, 0.6) is 0 Å². The summed E-state index contributed by atoms with van der Waals surface area (Å²) in [5.41, 5.74) is 5.21. The number of hydrogen-bond acceptors (Lipinski definition) is 4. The minimum absolute atomic E-state index is 0.0103. The number of Topliss-reactive ketones (excluding diaryl/α,β-unsaturated/α-hetero) is 1. The summed E-state index contributed by atoms with van der Waals surface area (Å²) in [5, 5.41) is 0. The highest BCUT2D eigenvalue weighted by Crippen LogP contribution is 2.05. The smallest absolute Gasteiger partial charge is 0.230 e. The molecule has 0 unspecified atom stereocenters. The van der Waals surface area contributed by atoms with Gasteiger partial charge in [-0.15, -0.1) is 0 Å². The van der Waals surface area contributed by atoms with E-state index < -0.39 is 0 Å². The molecule has 5 heteroatoms. The molecule has 1 aliphatic heterocycles. The van der Waals surface area contributed by atoms with Crippen molar-refractivity contribution in [3.05, 3.63) is 0 Å². The first kappa shape index (κ1) is 10.1. The molecule has 0 aliphatic carbocycles. The van der Waals surface area contributed by atoms with Crippen molar-refractivity contribution in [2.75, 3.05) is 32.8 Å². The fraction of sp³-hybridized carbons (Fsp3) is 0.750. The quantitative estimate of drug-likeness (QED) is 0.430. The van der Waals surface area contributed by atoms with Gasteiger partial charge in [-0.1, -0.05) is 0 Å². The molecule has 0 bridgehead atoms. The van der Waals surface area contributed by atoms with Crippen molar-refractivity contribution in [3.63, 3.8) is 0 Å². The van der Waals surface area contributed by atoms with Crippen LogP contribution in [-0.4, -0.2) is 49.4 Å². The van der Waals surface area contributed by atoms with Crippen LogP contribution in [0.25, 0.3) is 0 Å². The van der Waals surface area contributed by atoms with E-state index in [9.17, 15) is 9.59 Å². The zero-order valence-corrected chi connectivity index (χ0v) is 7.49. The van der Waals surface area contributed by atoms with Crippen LogP contribution in [0, 0.1) is 0 Å². The zero-order chi connectivity index (χ0) is 9.68. The van der Waals surface area contributed by atoms with E-state index >= 15 is 0 Å². The van der Waals surface area contributed by atoms with Gasteiger partial charge in [-0.2, -0.15) is 0 Å². The lowest BCUT2D eigenvalue weighted by atomic mass is 10.3. The zero-order valence-electron chi connectivity index (χ0n) is 7.49. The fourth-order valence-electron chi connectivity index (χ4n) is 1.20. The molecule has 1 fully saturated rings. The summed E-state index contributed by atoms with van der Waals surface area (Å²) in [6, 6.07) is 0. The first-order valence-electron chi connectivity index (χ1n) is 4.31. The van der Waals surface area contributed by atoms with Gasteiger partial charge >= 0.3 is 0 Å². The monoisotopic (exact) mass is 186 g/mol. The Labute approximate surface area is 76.8 Å². The van der Waals surface area contributed by atoms with Crippen LogP contribution in [0.2, 0.25) is 0 Å². The summed E-state index contributed by atoms with van der Waals surface area (Å²) in [6.07, 6.45) is 0.0525. The van der Waals surface area contributed by atoms with E-state index in [4.69, 9.17) is 10.5 Å². The Kier molecular flexibility index (Phi) is 3.85. The van der Waals surface area contributed by atoms with E-state index in [1.807, 2.05) is 0 Å². The van der Waals surface area contributed by atoms with Crippen LogP contribution >= 0.6 is 0 Å². The van der Waals surface area contributed by atoms with E-state index in [1.165, 1.54) is 4.90 Å². The molecule has 13 heavy (non-hydrogen) atoms. The van der Waals surface area contributed by atoms with Gasteiger partial charge in [0.05, 0.1) is 26.2 Å². The largest absolute Gasteiger partial charge is 0.378 e. The summed E-state index contributed by atoms with van der Waals surface area (Å²) >= 11 is 0. The lowest BCUT2D eigenvalue weighted by molar-refractivity contribution is -0.128. The Morgan fingerprint density at radius 1 is 1.38 bits per heavy atom. The molecule has 0 aromatic carbocycles. The second-order valence-corrected chi connectivity index (χ2v) is 2.93. The van der Waals surface area contributed by atoms with Gasteiger partial charge in [-0.3, -0.25) is 9.59 Å². The average molecular weight is 186 g/mol. The van der Waals surface area contributed by atoms with Crippen molar-refractivity contribution in [1.82, 2.24) is 4.90 Å². The molecule has 0 aromatic heterocycles. The van der Waals surface area contributed by atoms with Crippen molar-refractivity contribution < 1.29 is 14.3 Å². The summed E-state index contributed by atoms with van der Waals surface area (Å²) < 4.78 is 5.10. The van der Waals surface area contributed by atoms with Gasteiger partial charge in [-0.05, 0) is 0 Å². The molecule has 0 spiro atoms. The van der Waals surface area contributed by atoms with Gasteiger partial charge in [0.1, 0.15) is 0 Å². The minimum atomic E-state index is -0.0960. The third-order valence-electron chi connectivity index (χ3n) is 1.84. The maximum Gasteiger partial charge on any atom is 0.230 e. The number of ketones is 1. The molecule has 0 saturated carbocycles. The predicted molar refractivity (Wildman–Crippen MR) is 46.1 cm³/mol. The third-order valence-corrected chi connectivity index (χ3v) is 1.84. The van der Waals surface area contributed by atoms with E-state index in [-0.39, 0.29) is 24.7 Å². The number of nitrogens with two attached hydrogens (primary N) is 1. The number of amides is 1. The standard InChI is InChI=1S/C8H14N2O3/c9-1-3-13-4-2-10-6-7(11)5-8(10)12/h1-6,9H2. The molecule has 2 N–H and O–H groups in total. The highest BCUT2D eigenvalue weighted by Gasteiger charge is 2.26. The fourth-order valence-corrected chi connectivity index (χ4v) is 1.20. The molecule has 0 aromatic rings. The molecule has 0 radical (unpaired) electrons. The Balaban J connectivity index is 2.14. The predicted octanol–water partition coefficient (Wildman–Crippen LogP) is -1.24. The van der Waals surface area contributed by atoms with E-state index in [0.717, 1.165) is 0 Å². The van der Waals surface area contributed by atoms with Crippen LogP contribution < -0.4 is 5.73 Å². The second kappa shape index (κ2) is 4.94. The molecule has 1 aliphatic rings. The van der Waals surface area contributed by atoms with Crippen LogP contribution in [0.3, 0.4) is 0 Å². The van der Waals surface area contributed by atoms with Crippen LogP contribution in [0.4, 0.5) is 0 Å². The minimum Gasteiger partial charge on any atom is -0.378 e. The number of carbonyl (C=O) groups is 2. The highest BCUT2D eigenvalue weighted by atomic mass is 16.5. The van der Waals surface area contributed by atoms with Crippen molar-refractivity contribution in [2.45, 2.75) is 6.42 Å². The Morgan fingerprint density at radius 2 is 2.15 bits per heavy atom. The summed E-state index contributed by atoms with van der Waals surface area (Å²) in [7, 11) is 0. The third kappa shape index (κ3) is 3.12. The maximum absolute atomic E-state index is 11.1. The molecule has 1 rings (SSSR count). The Bertz CT molecular complexity index is 206. The van der Waals surface area contributed by atoms with Gasteiger partial charge < -0.3 is 15.4 Å². The number of carbonyl (C=O) groups excluding carboxylic acids is 2. The van der Waals surface area contributed by atoms with Crippen LogP contribution in [0.15, 0.2) is 0 Å². The van der Waals surface area contributed by atoms with Crippen molar-refractivity contribution >= 4 is 11.7 Å². The lowest BCUT2D eigenvalue weighted by Gasteiger charge is -2.13. The molecule has 1 amide bonds.